The lowest BCUT2D eigenvalue weighted by Gasteiger charge is -2.44. The van der Waals surface area contributed by atoms with Gasteiger partial charge in [-0.25, -0.2) is 0 Å². The molecule has 1 unspecified atom stereocenters. The van der Waals surface area contributed by atoms with Crippen LogP contribution in [0.3, 0.4) is 0 Å². The summed E-state index contributed by atoms with van der Waals surface area (Å²) in [7, 11) is 3.59. The largest absolute Gasteiger partial charge is 0.392 e. The molecule has 1 amide bonds. The molecule has 1 rings (SSSR count). The SMILES string of the molecule is CC(C(=O)N(C)C)N1CCN(C(C)(C)C(N)=S)CC1. The number of hydrogen-bond donors (Lipinski definition) is 1. The molecule has 1 fully saturated rings. The summed E-state index contributed by atoms with van der Waals surface area (Å²) in [5.41, 5.74) is 5.55. The van der Waals surface area contributed by atoms with Gasteiger partial charge in [0.2, 0.25) is 5.91 Å². The Hall–Kier alpha value is -0.720. The summed E-state index contributed by atoms with van der Waals surface area (Å²) in [6.45, 7) is 9.58. The summed E-state index contributed by atoms with van der Waals surface area (Å²) in [4.78, 5) is 18.6. The van der Waals surface area contributed by atoms with E-state index in [-0.39, 0.29) is 17.5 Å². The Balaban J connectivity index is 2.58. The minimum atomic E-state index is -0.254. The van der Waals surface area contributed by atoms with Crippen LogP contribution in [0.2, 0.25) is 0 Å². The van der Waals surface area contributed by atoms with E-state index in [1.807, 2.05) is 6.92 Å². The maximum Gasteiger partial charge on any atom is 0.239 e. The third-order valence-corrected chi connectivity index (χ3v) is 4.55. The van der Waals surface area contributed by atoms with E-state index in [1.165, 1.54) is 0 Å². The molecule has 0 aromatic carbocycles. The molecule has 1 heterocycles. The van der Waals surface area contributed by atoms with Crippen LogP contribution in [-0.2, 0) is 4.79 Å². The van der Waals surface area contributed by atoms with E-state index in [4.69, 9.17) is 18.0 Å². The van der Waals surface area contributed by atoms with Crippen molar-refractivity contribution in [1.29, 1.82) is 0 Å². The average molecular weight is 286 g/mol. The minimum absolute atomic E-state index is 0.0647. The van der Waals surface area contributed by atoms with Crippen LogP contribution in [0.5, 0.6) is 0 Å². The number of piperazine rings is 1. The Morgan fingerprint density at radius 2 is 1.74 bits per heavy atom. The zero-order valence-electron chi connectivity index (χ0n) is 12.6. The van der Waals surface area contributed by atoms with Gasteiger partial charge in [0.05, 0.1) is 16.6 Å². The molecule has 0 saturated carbocycles. The molecule has 5 nitrogen and oxygen atoms in total. The molecular weight excluding hydrogens is 260 g/mol. The number of rotatable bonds is 4. The number of nitrogens with zero attached hydrogens (tertiary/aromatic N) is 3. The second kappa shape index (κ2) is 6.15. The van der Waals surface area contributed by atoms with E-state index in [1.54, 1.807) is 19.0 Å². The Morgan fingerprint density at radius 1 is 1.26 bits per heavy atom. The number of thiocarbonyl (C=S) groups is 1. The van der Waals surface area contributed by atoms with Gasteiger partial charge in [0.15, 0.2) is 0 Å². The van der Waals surface area contributed by atoms with Crippen LogP contribution in [0.1, 0.15) is 20.8 Å². The van der Waals surface area contributed by atoms with Crippen molar-refractivity contribution in [2.75, 3.05) is 40.3 Å². The maximum absolute atomic E-state index is 12.0. The molecule has 0 spiro atoms. The second-order valence-corrected chi connectivity index (χ2v) is 6.29. The van der Waals surface area contributed by atoms with Gasteiger partial charge in [-0.15, -0.1) is 0 Å². The second-order valence-electron chi connectivity index (χ2n) is 5.85. The molecule has 0 aromatic heterocycles. The topological polar surface area (TPSA) is 52.8 Å². The zero-order chi connectivity index (χ0) is 14.8. The third-order valence-electron chi connectivity index (χ3n) is 4.05. The summed E-state index contributed by atoms with van der Waals surface area (Å²) in [6.07, 6.45) is 0. The Bertz CT molecular complexity index is 349. The van der Waals surface area contributed by atoms with Gasteiger partial charge in [0.1, 0.15) is 0 Å². The van der Waals surface area contributed by atoms with E-state index in [0.717, 1.165) is 26.2 Å². The fourth-order valence-electron chi connectivity index (χ4n) is 2.35. The van der Waals surface area contributed by atoms with Crippen LogP contribution in [0.25, 0.3) is 0 Å². The fourth-order valence-corrected chi connectivity index (χ4v) is 2.48. The summed E-state index contributed by atoms with van der Waals surface area (Å²) < 4.78 is 0. The standard InChI is InChI=1S/C13H26N4OS/c1-10(11(18)15(4)5)16-6-8-17(9-7-16)13(2,3)12(14)19/h10H,6-9H2,1-5H3,(H2,14,19). The molecule has 0 radical (unpaired) electrons. The van der Waals surface area contributed by atoms with Crippen LogP contribution < -0.4 is 5.73 Å². The first-order valence-corrected chi connectivity index (χ1v) is 7.09. The molecule has 0 aliphatic carbocycles. The third kappa shape index (κ3) is 3.64. The van der Waals surface area contributed by atoms with Crippen LogP contribution in [0.4, 0.5) is 0 Å². The quantitative estimate of drug-likeness (QED) is 0.745. The molecule has 1 atom stereocenters. The van der Waals surface area contributed by atoms with Crippen molar-refractivity contribution in [3.8, 4) is 0 Å². The van der Waals surface area contributed by atoms with Crippen LogP contribution in [0.15, 0.2) is 0 Å². The van der Waals surface area contributed by atoms with Gasteiger partial charge < -0.3 is 10.6 Å². The number of carbonyl (C=O) groups is 1. The lowest BCUT2D eigenvalue weighted by atomic mass is 10.0. The summed E-state index contributed by atoms with van der Waals surface area (Å²) in [6, 6.07) is -0.0647. The number of amides is 1. The van der Waals surface area contributed by atoms with Gasteiger partial charge in [0.25, 0.3) is 0 Å². The molecule has 2 N–H and O–H groups in total. The maximum atomic E-state index is 12.0. The molecule has 6 heteroatoms. The highest BCUT2D eigenvalue weighted by Crippen LogP contribution is 2.18. The summed E-state index contributed by atoms with van der Waals surface area (Å²) in [5, 5.41) is 0. The molecule has 1 aliphatic rings. The van der Waals surface area contributed by atoms with Crippen LogP contribution in [0, 0.1) is 0 Å². The highest BCUT2D eigenvalue weighted by Gasteiger charge is 2.34. The smallest absolute Gasteiger partial charge is 0.239 e. The molecule has 19 heavy (non-hydrogen) atoms. The van der Waals surface area contributed by atoms with Crippen molar-refractivity contribution in [3.63, 3.8) is 0 Å². The molecule has 0 bridgehead atoms. The minimum Gasteiger partial charge on any atom is -0.392 e. The van der Waals surface area contributed by atoms with Crippen molar-refractivity contribution >= 4 is 23.1 Å². The molecular formula is C13H26N4OS. The van der Waals surface area contributed by atoms with E-state index in [2.05, 4.69) is 23.6 Å². The van der Waals surface area contributed by atoms with Gasteiger partial charge in [0, 0.05) is 40.3 Å². The Labute approximate surface area is 121 Å². The number of likely N-dealkylation sites (N-methyl/N-ethyl adjacent to an activating group) is 1. The monoisotopic (exact) mass is 286 g/mol. The van der Waals surface area contributed by atoms with E-state index >= 15 is 0 Å². The van der Waals surface area contributed by atoms with E-state index < -0.39 is 0 Å². The number of carbonyl (C=O) groups excluding carboxylic acids is 1. The predicted molar refractivity (Wildman–Crippen MR) is 82.2 cm³/mol. The predicted octanol–water partition coefficient (Wildman–Crippen LogP) is 0.145. The van der Waals surface area contributed by atoms with Crippen LogP contribution in [-0.4, -0.2) is 77.5 Å². The van der Waals surface area contributed by atoms with Gasteiger partial charge in [-0.05, 0) is 20.8 Å². The lowest BCUT2D eigenvalue weighted by Crippen LogP contribution is -2.61. The highest BCUT2D eigenvalue weighted by atomic mass is 32.1. The molecule has 0 aromatic rings. The molecule has 1 saturated heterocycles. The number of nitrogens with two attached hydrogens (primary N) is 1. The van der Waals surface area contributed by atoms with Crippen molar-refractivity contribution in [2.24, 2.45) is 5.73 Å². The van der Waals surface area contributed by atoms with Crippen molar-refractivity contribution in [2.45, 2.75) is 32.4 Å². The van der Waals surface area contributed by atoms with Crippen LogP contribution >= 0.6 is 12.2 Å². The highest BCUT2D eigenvalue weighted by molar-refractivity contribution is 7.80. The Morgan fingerprint density at radius 3 is 2.11 bits per heavy atom. The van der Waals surface area contributed by atoms with Crippen molar-refractivity contribution in [1.82, 2.24) is 14.7 Å². The first kappa shape index (κ1) is 16.3. The van der Waals surface area contributed by atoms with Gasteiger partial charge >= 0.3 is 0 Å². The fraction of sp³-hybridized carbons (Fsp3) is 0.846. The number of hydrogen-bond acceptors (Lipinski definition) is 4. The van der Waals surface area contributed by atoms with Crippen molar-refractivity contribution < 1.29 is 4.79 Å². The lowest BCUT2D eigenvalue weighted by molar-refractivity contribution is -0.134. The first-order chi connectivity index (χ1) is 8.67. The normalized spacial score (nSPS) is 20.1. The summed E-state index contributed by atoms with van der Waals surface area (Å²) in [5.74, 6) is 0.155. The van der Waals surface area contributed by atoms with Gasteiger partial charge in [-0.3, -0.25) is 14.6 Å². The van der Waals surface area contributed by atoms with Gasteiger partial charge in [-0.1, -0.05) is 12.2 Å². The van der Waals surface area contributed by atoms with E-state index in [9.17, 15) is 4.79 Å². The van der Waals surface area contributed by atoms with Gasteiger partial charge in [-0.2, -0.15) is 0 Å². The molecule has 110 valence electrons. The Kier molecular flexibility index (Phi) is 5.29. The first-order valence-electron chi connectivity index (χ1n) is 6.68. The zero-order valence-corrected chi connectivity index (χ0v) is 13.5. The summed E-state index contributed by atoms with van der Waals surface area (Å²) >= 11 is 5.13. The van der Waals surface area contributed by atoms with Crippen molar-refractivity contribution in [3.05, 3.63) is 0 Å². The average Bonchev–Trinajstić information content (AvgIpc) is 2.36. The van der Waals surface area contributed by atoms with E-state index in [0.29, 0.717) is 4.99 Å². The molecule has 1 aliphatic heterocycles.